The summed E-state index contributed by atoms with van der Waals surface area (Å²) >= 11 is 3.44. The number of likely N-dealkylation sites (N-methyl/N-ethyl adjacent to an activating group) is 1. The number of guanidine groups is 1. The van der Waals surface area contributed by atoms with Crippen molar-refractivity contribution < 1.29 is 14.3 Å². The fourth-order valence-corrected chi connectivity index (χ4v) is 4.10. The largest absolute Gasteiger partial charge is 0.496 e. The second kappa shape index (κ2) is 9.39. The summed E-state index contributed by atoms with van der Waals surface area (Å²) in [6.45, 7) is 0.530. The highest BCUT2D eigenvalue weighted by Gasteiger charge is 2.48. The number of benzene rings is 2. The van der Waals surface area contributed by atoms with Crippen LogP contribution in [0.15, 0.2) is 63.1 Å². The normalized spacial score (nSPS) is 20.3. The second-order valence-electron chi connectivity index (χ2n) is 7.40. The Morgan fingerprint density at radius 2 is 2.03 bits per heavy atom. The SMILES string of the molecule is COc1ccc(Br)cc1/C=N/NC1=NC2C(C(=O)NC(=O)N2C)N1CCc1ccccc1. The van der Waals surface area contributed by atoms with Gasteiger partial charge in [0.2, 0.25) is 5.96 Å². The smallest absolute Gasteiger partial charge is 0.325 e. The van der Waals surface area contributed by atoms with Gasteiger partial charge in [0.25, 0.3) is 5.91 Å². The van der Waals surface area contributed by atoms with E-state index in [9.17, 15) is 9.59 Å². The lowest BCUT2D eigenvalue weighted by Crippen LogP contribution is -2.64. The third-order valence-corrected chi connectivity index (χ3v) is 5.90. The first kappa shape index (κ1) is 21.8. The Balaban J connectivity index is 1.56. The van der Waals surface area contributed by atoms with Gasteiger partial charge in [0, 0.05) is 23.6 Å². The van der Waals surface area contributed by atoms with Crippen LogP contribution in [-0.4, -0.2) is 66.8 Å². The molecule has 2 aromatic rings. The van der Waals surface area contributed by atoms with Gasteiger partial charge in [0.15, 0.2) is 12.2 Å². The monoisotopic (exact) mass is 498 g/mol. The summed E-state index contributed by atoms with van der Waals surface area (Å²) in [5, 5.41) is 6.72. The Morgan fingerprint density at radius 3 is 2.78 bits per heavy atom. The van der Waals surface area contributed by atoms with E-state index in [0.29, 0.717) is 24.7 Å². The van der Waals surface area contributed by atoms with Crippen LogP contribution in [0, 0.1) is 0 Å². The predicted molar refractivity (Wildman–Crippen MR) is 125 cm³/mol. The van der Waals surface area contributed by atoms with Gasteiger partial charge in [-0.3, -0.25) is 10.1 Å². The predicted octanol–water partition coefficient (Wildman–Crippen LogP) is 2.17. The third-order valence-electron chi connectivity index (χ3n) is 5.40. The van der Waals surface area contributed by atoms with Crippen LogP contribution in [0.3, 0.4) is 0 Å². The lowest BCUT2D eigenvalue weighted by molar-refractivity contribution is -0.127. The number of hydrogen-bond donors (Lipinski definition) is 2. The number of fused-ring (bicyclic) bond motifs is 1. The number of ether oxygens (including phenoxy) is 1. The summed E-state index contributed by atoms with van der Waals surface area (Å²) in [7, 11) is 3.22. The minimum Gasteiger partial charge on any atom is -0.496 e. The molecule has 10 heteroatoms. The quantitative estimate of drug-likeness (QED) is 0.469. The minimum atomic E-state index is -0.625. The summed E-state index contributed by atoms with van der Waals surface area (Å²) in [5.41, 5.74) is 4.86. The number of hydrogen-bond acceptors (Lipinski definition) is 7. The van der Waals surface area contributed by atoms with E-state index in [0.717, 1.165) is 15.6 Å². The van der Waals surface area contributed by atoms with Crippen LogP contribution in [-0.2, 0) is 11.2 Å². The number of amides is 3. The second-order valence-corrected chi connectivity index (χ2v) is 8.32. The Morgan fingerprint density at radius 1 is 1.25 bits per heavy atom. The molecule has 2 N–H and O–H groups in total. The summed E-state index contributed by atoms with van der Waals surface area (Å²) in [6.07, 6.45) is 1.71. The van der Waals surface area contributed by atoms with E-state index in [1.807, 2.05) is 53.4 Å². The average molecular weight is 499 g/mol. The first-order valence-corrected chi connectivity index (χ1v) is 10.9. The van der Waals surface area contributed by atoms with Crippen LogP contribution >= 0.6 is 15.9 Å². The van der Waals surface area contributed by atoms with Gasteiger partial charge < -0.3 is 14.5 Å². The maximum atomic E-state index is 12.7. The van der Waals surface area contributed by atoms with Crippen molar-refractivity contribution in [3.63, 3.8) is 0 Å². The molecule has 0 saturated carbocycles. The minimum absolute atomic E-state index is 0.371. The van der Waals surface area contributed by atoms with Crippen molar-refractivity contribution >= 4 is 40.0 Å². The van der Waals surface area contributed by atoms with Gasteiger partial charge in [-0.25, -0.2) is 15.2 Å². The van der Waals surface area contributed by atoms with Gasteiger partial charge in [-0.1, -0.05) is 46.3 Å². The van der Waals surface area contributed by atoms with E-state index >= 15 is 0 Å². The van der Waals surface area contributed by atoms with Gasteiger partial charge in [0.1, 0.15) is 5.75 Å². The van der Waals surface area contributed by atoms with Crippen LogP contribution in [0.1, 0.15) is 11.1 Å². The fourth-order valence-electron chi connectivity index (χ4n) is 3.72. The number of imide groups is 1. The molecule has 0 bridgehead atoms. The van der Waals surface area contributed by atoms with Crippen molar-refractivity contribution in [2.24, 2.45) is 10.1 Å². The Hall–Kier alpha value is -3.40. The molecule has 3 amide bonds. The number of carbonyl (C=O) groups excluding carboxylic acids is 2. The molecule has 2 unspecified atom stereocenters. The van der Waals surface area contributed by atoms with E-state index in [1.54, 1.807) is 20.4 Å². The number of hydrazone groups is 1. The van der Waals surface area contributed by atoms with Crippen LogP contribution in [0.25, 0.3) is 0 Å². The number of halogens is 1. The first-order chi connectivity index (χ1) is 15.5. The molecule has 0 radical (unpaired) electrons. The highest BCUT2D eigenvalue weighted by atomic mass is 79.9. The molecule has 0 aromatic heterocycles. The number of methoxy groups -OCH3 is 1. The molecule has 166 valence electrons. The zero-order valence-electron chi connectivity index (χ0n) is 17.7. The molecule has 2 heterocycles. The van der Waals surface area contributed by atoms with E-state index < -0.39 is 18.2 Å². The lowest BCUT2D eigenvalue weighted by atomic mass is 10.1. The van der Waals surface area contributed by atoms with Gasteiger partial charge in [0.05, 0.1) is 13.3 Å². The van der Waals surface area contributed by atoms with Crippen LogP contribution in [0.5, 0.6) is 5.75 Å². The summed E-state index contributed by atoms with van der Waals surface area (Å²) in [5.74, 6) is 0.730. The summed E-state index contributed by atoms with van der Waals surface area (Å²) in [6, 6.07) is 14.5. The molecule has 0 spiro atoms. The number of urea groups is 1. The van der Waals surface area contributed by atoms with Crippen LogP contribution < -0.4 is 15.5 Å². The molecular weight excluding hydrogens is 476 g/mol. The van der Waals surface area contributed by atoms with Crippen molar-refractivity contribution in [2.75, 3.05) is 20.7 Å². The zero-order chi connectivity index (χ0) is 22.7. The van der Waals surface area contributed by atoms with Gasteiger partial charge in [-0.05, 0) is 30.2 Å². The molecule has 1 saturated heterocycles. The van der Waals surface area contributed by atoms with Gasteiger partial charge in [-0.15, -0.1) is 0 Å². The van der Waals surface area contributed by atoms with E-state index in [-0.39, 0.29) is 5.91 Å². The van der Waals surface area contributed by atoms with E-state index in [4.69, 9.17) is 4.74 Å². The maximum absolute atomic E-state index is 12.7. The summed E-state index contributed by atoms with van der Waals surface area (Å²) < 4.78 is 6.26. The van der Waals surface area contributed by atoms with Crippen molar-refractivity contribution in [2.45, 2.75) is 18.6 Å². The Kier molecular flexibility index (Phi) is 6.40. The van der Waals surface area contributed by atoms with E-state index in [2.05, 4.69) is 36.8 Å². The van der Waals surface area contributed by atoms with Crippen molar-refractivity contribution in [1.29, 1.82) is 0 Å². The molecule has 32 heavy (non-hydrogen) atoms. The summed E-state index contributed by atoms with van der Waals surface area (Å²) in [4.78, 5) is 32.6. The highest BCUT2D eigenvalue weighted by Crippen LogP contribution is 2.24. The number of rotatable bonds is 6. The number of aliphatic imine (C=N–C) groups is 1. The van der Waals surface area contributed by atoms with Crippen molar-refractivity contribution in [3.05, 3.63) is 64.1 Å². The van der Waals surface area contributed by atoms with Crippen LogP contribution in [0.4, 0.5) is 4.79 Å². The van der Waals surface area contributed by atoms with E-state index in [1.165, 1.54) is 4.90 Å². The molecular formula is C22H23BrN6O3. The average Bonchev–Trinajstić information content (AvgIpc) is 3.16. The molecule has 1 fully saturated rings. The maximum Gasteiger partial charge on any atom is 0.325 e. The number of nitrogens with zero attached hydrogens (tertiary/aromatic N) is 4. The molecule has 2 atom stereocenters. The van der Waals surface area contributed by atoms with Crippen molar-refractivity contribution in [3.8, 4) is 5.75 Å². The van der Waals surface area contributed by atoms with Crippen LogP contribution in [0.2, 0.25) is 0 Å². The molecule has 2 aliphatic rings. The first-order valence-electron chi connectivity index (χ1n) is 10.1. The molecule has 2 aliphatic heterocycles. The van der Waals surface area contributed by atoms with Gasteiger partial charge in [-0.2, -0.15) is 5.10 Å². The zero-order valence-corrected chi connectivity index (χ0v) is 19.2. The van der Waals surface area contributed by atoms with Gasteiger partial charge >= 0.3 is 6.03 Å². The van der Waals surface area contributed by atoms with Crippen molar-refractivity contribution in [1.82, 2.24) is 20.5 Å². The fraction of sp³-hybridized carbons (Fsp3) is 0.273. The highest BCUT2D eigenvalue weighted by molar-refractivity contribution is 9.10. The molecule has 4 rings (SSSR count). The third kappa shape index (κ3) is 4.45. The Labute approximate surface area is 194 Å². The number of carbonyl (C=O) groups is 2. The Bertz CT molecular complexity index is 1070. The molecule has 2 aromatic carbocycles. The molecule has 9 nitrogen and oxygen atoms in total. The lowest BCUT2D eigenvalue weighted by Gasteiger charge is -2.36. The number of nitrogens with one attached hydrogen (secondary N) is 2. The standard InChI is InChI=1S/C22H23BrN6O3/c1-28-19-18(20(30)26-22(28)31)29(11-10-14-6-4-3-5-7-14)21(25-19)27-24-13-15-12-16(23)8-9-17(15)32-2/h3-9,12-13,18-19H,10-11H2,1-2H3,(H,25,27)(H,26,30,31)/b24-13+. The molecule has 0 aliphatic carbocycles. The topological polar surface area (TPSA) is 98.6 Å².